The molecule has 0 N–H and O–H groups in total. The van der Waals surface area contributed by atoms with Crippen LogP contribution in [-0.2, 0) is 7.05 Å². The van der Waals surface area contributed by atoms with Crippen LogP contribution in [0.2, 0.25) is 0 Å². The monoisotopic (exact) mass is 621 g/mol. The predicted octanol–water partition coefficient (Wildman–Crippen LogP) is 12.6. The van der Waals surface area contributed by atoms with Crippen LogP contribution in [0.1, 0.15) is 0 Å². The lowest BCUT2D eigenvalue weighted by Gasteiger charge is -2.28. The summed E-state index contributed by atoms with van der Waals surface area (Å²) in [5.74, 6) is 0. The fourth-order valence-corrected chi connectivity index (χ4v) is 8.21. The molecule has 4 heteroatoms. The van der Waals surface area contributed by atoms with Crippen molar-refractivity contribution in [2.24, 2.45) is 7.05 Å². The van der Waals surface area contributed by atoms with E-state index >= 15 is 0 Å². The smallest absolute Gasteiger partial charge is 0.0638 e. The molecule has 0 aliphatic rings. The van der Waals surface area contributed by atoms with Crippen molar-refractivity contribution < 1.29 is 0 Å². The molecule has 0 unspecified atom stereocenters. The van der Waals surface area contributed by atoms with E-state index in [1.165, 1.54) is 41.7 Å². The first-order valence-electron chi connectivity index (χ1n) is 15.9. The number of rotatable bonds is 6. The highest BCUT2D eigenvalue weighted by Gasteiger charge is 2.19. The number of hydrogen-bond donors (Lipinski definition) is 0. The van der Waals surface area contributed by atoms with Gasteiger partial charge in [0.2, 0.25) is 0 Å². The molecule has 3 nitrogen and oxygen atoms in total. The Morgan fingerprint density at radius 3 is 1.60 bits per heavy atom. The Morgan fingerprint density at radius 1 is 0.426 bits per heavy atom. The predicted molar refractivity (Wildman–Crippen MR) is 203 cm³/mol. The average molecular weight is 622 g/mol. The van der Waals surface area contributed by atoms with Gasteiger partial charge < -0.3 is 14.4 Å². The van der Waals surface area contributed by atoms with Gasteiger partial charge in [0.15, 0.2) is 0 Å². The number of hydrogen-bond acceptors (Lipinski definition) is 3. The Kier molecular flexibility index (Phi) is 6.54. The molecule has 9 aromatic rings. The van der Waals surface area contributed by atoms with E-state index in [1.54, 1.807) is 0 Å². The fraction of sp³-hybridized carbons (Fsp3) is 0.0233. The second-order valence-electron chi connectivity index (χ2n) is 12.0. The number of fused-ring (bicyclic) bond motifs is 8. The Morgan fingerprint density at radius 2 is 0.957 bits per heavy atom. The molecule has 0 radical (unpaired) electrons. The molecular formula is C43H31N3S. The Bertz CT molecular complexity index is 2490. The lowest BCUT2D eigenvalue weighted by molar-refractivity contribution is 0.927. The second-order valence-corrected chi connectivity index (χ2v) is 13.0. The van der Waals surface area contributed by atoms with Crippen LogP contribution >= 0.6 is 11.3 Å². The number of anilines is 6. The van der Waals surface area contributed by atoms with Crippen LogP contribution < -0.4 is 9.80 Å². The van der Waals surface area contributed by atoms with Gasteiger partial charge in [0.1, 0.15) is 0 Å². The van der Waals surface area contributed by atoms with E-state index in [0.29, 0.717) is 0 Å². The Balaban J connectivity index is 1.22. The zero-order valence-electron chi connectivity index (χ0n) is 25.9. The van der Waals surface area contributed by atoms with Crippen molar-refractivity contribution in [3.05, 3.63) is 170 Å². The summed E-state index contributed by atoms with van der Waals surface area (Å²) < 4.78 is 4.79. The minimum atomic E-state index is 1.10. The summed E-state index contributed by atoms with van der Waals surface area (Å²) >= 11 is 1.90. The normalized spacial score (nSPS) is 11.5. The van der Waals surface area contributed by atoms with E-state index in [4.69, 9.17) is 0 Å². The first kappa shape index (κ1) is 27.5. The summed E-state index contributed by atoms with van der Waals surface area (Å²) in [6, 6.07) is 56.9. The van der Waals surface area contributed by atoms with Crippen molar-refractivity contribution in [3.63, 3.8) is 0 Å². The Hall–Kier alpha value is -5.84. The zero-order valence-corrected chi connectivity index (χ0v) is 26.7. The Labute approximate surface area is 277 Å². The van der Waals surface area contributed by atoms with Gasteiger partial charge in [-0.15, -0.1) is 11.3 Å². The zero-order chi connectivity index (χ0) is 31.3. The first-order chi connectivity index (χ1) is 23.2. The quantitative estimate of drug-likeness (QED) is 0.171. The van der Waals surface area contributed by atoms with Gasteiger partial charge in [-0.25, -0.2) is 0 Å². The maximum absolute atomic E-state index is 2.38. The first-order valence-corrected chi connectivity index (χ1v) is 16.7. The lowest BCUT2D eigenvalue weighted by Crippen LogP contribution is -2.11. The molecule has 0 atom stereocenters. The van der Waals surface area contributed by atoms with Crippen LogP contribution in [0.4, 0.5) is 34.1 Å². The molecule has 0 amide bonds. The highest BCUT2D eigenvalue weighted by Crippen LogP contribution is 2.46. The third kappa shape index (κ3) is 4.65. The van der Waals surface area contributed by atoms with E-state index < -0.39 is 0 Å². The number of nitrogens with zero attached hydrogens (tertiary/aromatic N) is 3. The van der Waals surface area contributed by atoms with Gasteiger partial charge in [0, 0.05) is 73.4 Å². The minimum absolute atomic E-state index is 1.10. The van der Waals surface area contributed by atoms with Crippen molar-refractivity contribution >= 4 is 87.2 Å². The van der Waals surface area contributed by atoms with Crippen molar-refractivity contribution in [1.82, 2.24) is 4.57 Å². The number of aryl methyl sites for hydroxylation is 1. The standard InChI is InChI=1S/C43H31N3S/c1-44-27-26-35(29-44)46(33-22-20-32(21-23-33)45(30-12-4-2-5-13-30)31-14-6-3-7-15-31)34-24-25-38-40(28-34)36-16-8-9-17-37(36)42-39-18-10-11-19-41(39)47-43(38)42/h2-29H,1H3. The summed E-state index contributed by atoms with van der Waals surface area (Å²) in [5.41, 5.74) is 6.71. The molecule has 0 fully saturated rings. The van der Waals surface area contributed by atoms with E-state index in [-0.39, 0.29) is 0 Å². The summed E-state index contributed by atoms with van der Waals surface area (Å²) in [4.78, 5) is 4.66. The van der Waals surface area contributed by atoms with Crippen LogP contribution in [0, 0.1) is 0 Å². The molecule has 224 valence electrons. The third-order valence-electron chi connectivity index (χ3n) is 9.06. The van der Waals surface area contributed by atoms with Crippen LogP contribution in [0.5, 0.6) is 0 Å². The van der Waals surface area contributed by atoms with Crippen molar-refractivity contribution in [2.45, 2.75) is 0 Å². The number of thiophene rings is 1. The molecule has 0 aliphatic carbocycles. The molecule has 9 rings (SSSR count). The van der Waals surface area contributed by atoms with Gasteiger partial charge in [-0.3, -0.25) is 0 Å². The number of aromatic nitrogens is 1. The van der Waals surface area contributed by atoms with E-state index in [0.717, 1.165) is 34.1 Å². The van der Waals surface area contributed by atoms with E-state index in [9.17, 15) is 0 Å². The summed E-state index contributed by atoms with van der Waals surface area (Å²) in [5, 5.41) is 7.86. The summed E-state index contributed by atoms with van der Waals surface area (Å²) in [7, 11) is 2.08. The highest BCUT2D eigenvalue weighted by atomic mass is 32.1. The number of para-hydroxylation sites is 2. The molecule has 47 heavy (non-hydrogen) atoms. The second kappa shape index (κ2) is 11.2. The van der Waals surface area contributed by atoms with E-state index in [2.05, 4.69) is 192 Å². The van der Waals surface area contributed by atoms with Crippen molar-refractivity contribution in [1.29, 1.82) is 0 Å². The minimum Gasteiger partial charge on any atom is -0.355 e. The molecule has 0 saturated heterocycles. The average Bonchev–Trinajstić information content (AvgIpc) is 3.74. The summed E-state index contributed by atoms with van der Waals surface area (Å²) in [6.45, 7) is 0. The van der Waals surface area contributed by atoms with Crippen LogP contribution in [0.15, 0.2) is 170 Å². The lowest BCUT2D eigenvalue weighted by atomic mass is 9.96. The molecule has 2 aromatic heterocycles. The summed E-state index contributed by atoms with van der Waals surface area (Å²) in [6.07, 6.45) is 4.30. The molecule has 0 aliphatic heterocycles. The van der Waals surface area contributed by atoms with Gasteiger partial charge in [0.05, 0.1) is 5.69 Å². The van der Waals surface area contributed by atoms with Gasteiger partial charge >= 0.3 is 0 Å². The fourth-order valence-electron chi connectivity index (χ4n) is 6.95. The van der Waals surface area contributed by atoms with Crippen LogP contribution in [0.3, 0.4) is 0 Å². The van der Waals surface area contributed by atoms with Crippen molar-refractivity contribution in [2.75, 3.05) is 9.80 Å². The third-order valence-corrected chi connectivity index (χ3v) is 10.3. The van der Waals surface area contributed by atoms with Gasteiger partial charge in [0.25, 0.3) is 0 Å². The van der Waals surface area contributed by atoms with Gasteiger partial charge in [-0.1, -0.05) is 84.9 Å². The topological polar surface area (TPSA) is 11.4 Å². The van der Waals surface area contributed by atoms with E-state index in [1.807, 2.05) is 11.3 Å². The number of benzene rings is 7. The van der Waals surface area contributed by atoms with Crippen LogP contribution in [-0.4, -0.2) is 4.57 Å². The largest absolute Gasteiger partial charge is 0.355 e. The van der Waals surface area contributed by atoms with Crippen molar-refractivity contribution in [3.8, 4) is 0 Å². The molecule has 2 heterocycles. The molecule has 0 bridgehead atoms. The highest BCUT2D eigenvalue weighted by molar-refractivity contribution is 7.27. The van der Waals surface area contributed by atoms with Gasteiger partial charge in [-0.05, 0) is 89.0 Å². The SMILES string of the molecule is Cn1ccc(N(c2ccc(N(c3ccccc3)c3ccccc3)cc2)c2ccc3c(c2)c2ccccc2c2c4ccccc4sc32)c1. The maximum Gasteiger partial charge on any atom is 0.0638 e. The molecule has 0 spiro atoms. The molecule has 7 aromatic carbocycles. The van der Waals surface area contributed by atoms with Crippen LogP contribution in [0.25, 0.3) is 41.7 Å². The maximum atomic E-state index is 2.38. The molecular weight excluding hydrogens is 591 g/mol. The van der Waals surface area contributed by atoms with Gasteiger partial charge in [-0.2, -0.15) is 0 Å². The molecule has 0 saturated carbocycles.